The molecule has 0 spiro atoms. The van der Waals surface area contributed by atoms with E-state index in [9.17, 15) is 0 Å². The summed E-state index contributed by atoms with van der Waals surface area (Å²) in [6.07, 6.45) is 11.0. The Morgan fingerprint density at radius 1 is 1.47 bits per heavy atom. The predicted octanol–water partition coefficient (Wildman–Crippen LogP) is 0.832. The fourth-order valence-corrected chi connectivity index (χ4v) is 2.66. The minimum absolute atomic E-state index is 0.706. The summed E-state index contributed by atoms with van der Waals surface area (Å²) < 4.78 is 1.87. The van der Waals surface area contributed by atoms with E-state index in [2.05, 4.69) is 27.8 Å². The van der Waals surface area contributed by atoms with E-state index in [-0.39, 0.29) is 0 Å². The molecule has 0 bridgehead atoms. The molecule has 2 aliphatic carbocycles. The van der Waals surface area contributed by atoms with Gasteiger partial charge in [0.2, 0.25) is 0 Å². The van der Waals surface area contributed by atoms with Crippen molar-refractivity contribution in [3.05, 3.63) is 24.5 Å². The van der Waals surface area contributed by atoms with Gasteiger partial charge in [-0.05, 0) is 24.7 Å². The molecule has 1 fully saturated rings. The molecule has 0 amide bonds. The van der Waals surface area contributed by atoms with Gasteiger partial charge in [0.05, 0.1) is 12.7 Å². The van der Waals surface area contributed by atoms with Crippen LogP contribution in [-0.2, 0) is 6.54 Å². The van der Waals surface area contributed by atoms with Gasteiger partial charge in [-0.3, -0.25) is 4.68 Å². The fraction of sp³-hybridized carbons (Fsp3) is 0.636. The SMILES string of the molecule is C1=CC2C(C1)CC2NCCn1ccnn1. The standard InChI is InChI=1S/C11H16N4/c1-2-9-8-11(10(9)3-1)12-4-6-15-7-5-13-14-15/h1,3,5,7,9-12H,2,4,6,8H2. The smallest absolute Gasteiger partial charge is 0.0692 e. The summed E-state index contributed by atoms with van der Waals surface area (Å²) in [5.41, 5.74) is 0. The molecule has 0 aliphatic heterocycles. The summed E-state index contributed by atoms with van der Waals surface area (Å²) >= 11 is 0. The number of nitrogens with one attached hydrogen (secondary N) is 1. The van der Waals surface area contributed by atoms with Gasteiger partial charge in [-0.25, -0.2) is 0 Å². The number of hydrogen-bond acceptors (Lipinski definition) is 3. The van der Waals surface area contributed by atoms with Crippen molar-refractivity contribution in [3.63, 3.8) is 0 Å². The molecule has 1 aromatic heterocycles. The van der Waals surface area contributed by atoms with Gasteiger partial charge in [0.25, 0.3) is 0 Å². The first-order chi connectivity index (χ1) is 7.43. The molecule has 1 aromatic rings. The first-order valence-corrected chi connectivity index (χ1v) is 5.67. The Kier molecular flexibility index (Phi) is 2.29. The molecule has 3 rings (SSSR count). The van der Waals surface area contributed by atoms with Crippen molar-refractivity contribution < 1.29 is 0 Å². The molecule has 80 valence electrons. The number of hydrogen-bond donors (Lipinski definition) is 1. The van der Waals surface area contributed by atoms with Gasteiger partial charge in [0, 0.05) is 18.8 Å². The zero-order chi connectivity index (χ0) is 10.1. The lowest BCUT2D eigenvalue weighted by Gasteiger charge is -2.40. The second-order valence-corrected chi connectivity index (χ2v) is 4.46. The van der Waals surface area contributed by atoms with E-state index in [1.165, 1.54) is 12.8 Å². The third-order valence-corrected chi connectivity index (χ3v) is 3.58. The number of rotatable bonds is 4. The van der Waals surface area contributed by atoms with Gasteiger partial charge >= 0.3 is 0 Å². The maximum Gasteiger partial charge on any atom is 0.0692 e. The Bertz CT molecular complexity index is 343. The van der Waals surface area contributed by atoms with Crippen LogP contribution in [0.15, 0.2) is 24.5 Å². The summed E-state index contributed by atoms with van der Waals surface area (Å²) in [6, 6.07) is 0.706. The molecule has 0 aromatic carbocycles. The molecule has 4 heteroatoms. The first kappa shape index (κ1) is 9.09. The zero-order valence-corrected chi connectivity index (χ0v) is 8.71. The number of fused-ring (bicyclic) bond motifs is 1. The summed E-state index contributed by atoms with van der Waals surface area (Å²) in [5, 5.41) is 11.3. The van der Waals surface area contributed by atoms with Crippen LogP contribution in [0, 0.1) is 11.8 Å². The molecule has 15 heavy (non-hydrogen) atoms. The van der Waals surface area contributed by atoms with E-state index in [1.807, 2.05) is 10.9 Å². The second kappa shape index (κ2) is 3.77. The molecular weight excluding hydrogens is 188 g/mol. The summed E-state index contributed by atoms with van der Waals surface area (Å²) in [4.78, 5) is 0. The van der Waals surface area contributed by atoms with Crippen LogP contribution in [-0.4, -0.2) is 27.6 Å². The average Bonchev–Trinajstić information content (AvgIpc) is 2.82. The van der Waals surface area contributed by atoms with Crippen LogP contribution in [0.3, 0.4) is 0 Å². The highest BCUT2D eigenvalue weighted by Crippen LogP contribution is 2.42. The predicted molar refractivity (Wildman–Crippen MR) is 57.2 cm³/mol. The normalized spacial score (nSPS) is 32.7. The Morgan fingerprint density at radius 2 is 2.47 bits per heavy atom. The minimum atomic E-state index is 0.706. The molecule has 1 heterocycles. The van der Waals surface area contributed by atoms with Gasteiger partial charge in [0.1, 0.15) is 0 Å². The lowest BCUT2D eigenvalue weighted by atomic mass is 9.71. The zero-order valence-electron chi connectivity index (χ0n) is 8.71. The molecule has 3 unspecified atom stereocenters. The van der Waals surface area contributed by atoms with Crippen molar-refractivity contribution in [2.24, 2.45) is 11.8 Å². The lowest BCUT2D eigenvalue weighted by Crippen LogP contribution is -2.48. The van der Waals surface area contributed by atoms with Crippen molar-refractivity contribution >= 4 is 0 Å². The minimum Gasteiger partial charge on any atom is -0.312 e. The Hall–Kier alpha value is -1.16. The van der Waals surface area contributed by atoms with E-state index in [0.717, 1.165) is 24.9 Å². The Morgan fingerprint density at radius 3 is 3.27 bits per heavy atom. The third-order valence-electron chi connectivity index (χ3n) is 3.58. The topological polar surface area (TPSA) is 42.7 Å². The molecular formula is C11H16N4. The fourth-order valence-electron chi connectivity index (χ4n) is 2.66. The van der Waals surface area contributed by atoms with Crippen LogP contribution in [0.2, 0.25) is 0 Å². The molecule has 1 N–H and O–H groups in total. The van der Waals surface area contributed by atoms with Crippen molar-refractivity contribution in [1.29, 1.82) is 0 Å². The van der Waals surface area contributed by atoms with E-state index >= 15 is 0 Å². The van der Waals surface area contributed by atoms with E-state index in [1.54, 1.807) is 6.20 Å². The maximum atomic E-state index is 3.94. The van der Waals surface area contributed by atoms with Crippen LogP contribution in [0.25, 0.3) is 0 Å². The van der Waals surface area contributed by atoms with Gasteiger partial charge in [-0.2, -0.15) is 0 Å². The average molecular weight is 204 g/mol. The van der Waals surface area contributed by atoms with Crippen LogP contribution in [0.1, 0.15) is 12.8 Å². The van der Waals surface area contributed by atoms with Gasteiger partial charge in [-0.15, -0.1) is 5.10 Å². The largest absolute Gasteiger partial charge is 0.312 e. The van der Waals surface area contributed by atoms with Crippen LogP contribution in [0.4, 0.5) is 0 Å². The van der Waals surface area contributed by atoms with Crippen LogP contribution >= 0.6 is 0 Å². The second-order valence-electron chi connectivity index (χ2n) is 4.46. The monoisotopic (exact) mass is 204 g/mol. The lowest BCUT2D eigenvalue weighted by molar-refractivity contribution is 0.162. The third kappa shape index (κ3) is 1.69. The summed E-state index contributed by atoms with van der Waals surface area (Å²) in [7, 11) is 0. The molecule has 2 aliphatic rings. The molecule has 0 saturated heterocycles. The Labute approximate surface area is 89.4 Å². The van der Waals surface area contributed by atoms with E-state index < -0.39 is 0 Å². The Balaban J connectivity index is 1.42. The summed E-state index contributed by atoms with van der Waals surface area (Å²) in [6.45, 7) is 1.91. The van der Waals surface area contributed by atoms with Gasteiger partial charge in [0.15, 0.2) is 0 Å². The number of aromatic nitrogens is 3. The quantitative estimate of drug-likeness (QED) is 0.739. The molecule has 4 nitrogen and oxygen atoms in total. The van der Waals surface area contributed by atoms with E-state index in [4.69, 9.17) is 0 Å². The van der Waals surface area contributed by atoms with Crippen molar-refractivity contribution in [2.75, 3.05) is 6.54 Å². The first-order valence-electron chi connectivity index (χ1n) is 5.67. The van der Waals surface area contributed by atoms with E-state index in [0.29, 0.717) is 6.04 Å². The number of allylic oxidation sites excluding steroid dienone is 1. The van der Waals surface area contributed by atoms with Crippen LogP contribution < -0.4 is 5.32 Å². The van der Waals surface area contributed by atoms with Crippen molar-refractivity contribution in [3.8, 4) is 0 Å². The number of nitrogens with zero attached hydrogens (tertiary/aromatic N) is 3. The van der Waals surface area contributed by atoms with Crippen molar-refractivity contribution in [1.82, 2.24) is 20.3 Å². The van der Waals surface area contributed by atoms with Crippen LogP contribution in [0.5, 0.6) is 0 Å². The highest BCUT2D eigenvalue weighted by atomic mass is 15.4. The van der Waals surface area contributed by atoms with Gasteiger partial charge < -0.3 is 5.32 Å². The molecule has 0 radical (unpaired) electrons. The van der Waals surface area contributed by atoms with Crippen molar-refractivity contribution in [2.45, 2.75) is 25.4 Å². The molecule has 1 saturated carbocycles. The maximum absolute atomic E-state index is 3.94. The molecule has 3 atom stereocenters. The summed E-state index contributed by atoms with van der Waals surface area (Å²) in [5.74, 6) is 1.75. The highest BCUT2D eigenvalue weighted by molar-refractivity contribution is 5.12. The van der Waals surface area contributed by atoms with Gasteiger partial charge in [-0.1, -0.05) is 17.4 Å². The highest BCUT2D eigenvalue weighted by Gasteiger charge is 2.40.